The number of aliphatic carboxylic acids is 2. The average Bonchev–Trinajstić information content (AvgIpc) is 2.91. The van der Waals surface area contributed by atoms with Crippen LogP contribution < -0.4 is 21.7 Å². The maximum Gasteiger partial charge on any atom is 0.326 e. The summed E-state index contributed by atoms with van der Waals surface area (Å²) in [6.45, 7) is 0. The number of nitrogens with one attached hydrogen (secondary N) is 3. The van der Waals surface area contributed by atoms with Crippen LogP contribution in [-0.4, -0.2) is 81.2 Å². The van der Waals surface area contributed by atoms with Gasteiger partial charge in [-0.3, -0.25) is 19.2 Å². The molecule has 0 spiro atoms. The second kappa shape index (κ2) is 16.1. The molecule has 12 nitrogen and oxygen atoms in total. The summed E-state index contributed by atoms with van der Waals surface area (Å²) in [5.41, 5.74) is 6.92. The van der Waals surface area contributed by atoms with Crippen molar-refractivity contribution in [2.45, 2.75) is 49.9 Å². The van der Waals surface area contributed by atoms with Crippen LogP contribution in [0.15, 0.2) is 54.6 Å². The summed E-state index contributed by atoms with van der Waals surface area (Å²) in [4.78, 5) is 62.0. The largest absolute Gasteiger partial charge is 0.508 e. The molecule has 3 amide bonds. The third kappa shape index (κ3) is 10.9. The van der Waals surface area contributed by atoms with E-state index in [1.165, 1.54) is 36.0 Å². The van der Waals surface area contributed by atoms with Gasteiger partial charge in [0.25, 0.3) is 0 Å². The zero-order valence-corrected chi connectivity index (χ0v) is 22.7. The number of phenols is 1. The molecule has 0 aliphatic carbocycles. The van der Waals surface area contributed by atoms with Crippen molar-refractivity contribution in [2.24, 2.45) is 5.73 Å². The molecule has 0 fully saturated rings. The monoisotopic (exact) mass is 574 g/mol. The van der Waals surface area contributed by atoms with Crippen LogP contribution in [0.1, 0.15) is 24.0 Å². The summed E-state index contributed by atoms with van der Waals surface area (Å²) < 4.78 is 0. The van der Waals surface area contributed by atoms with Gasteiger partial charge >= 0.3 is 11.9 Å². The quantitative estimate of drug-likeness (QED) is 0.146. The zero-order chi connectivity index (χ0) is 29.7. The van der Waals surface area contributed by atoms with Gasteiger partial charge in [0, 0.05) is 12.8 Å². The predicted molar refractivity (Wildman–Crippen MR) is 149 cm³/mol. The first kappa shape index (κ1) is 32.1. The van der Waals surface area contributed by atoms with E-state index >= 15 is 0 Å². The van der Waals surface area contributed by atoms with E-state index < -0.39 is 60.2 Å². The minimum absolute atomic E-state index is 0.00804. The molecule has 0 radical (unpaired) electrons. The number of aromatic hydroxyl groups is 1. The van der Waals surface area contributed by atoms with Crippen molar-refractivity contribution in [3.63, 3.8) is 0 Å². The number of hydrogen-bond acceptors (Lipinski definition) is 8. The predicted octanol–water partition coefficient (Wildman–Crippen LogP) is 0.272. The second-order valence-electron chi connectivity index (χ2n) is 9.07. The maximum atomic E-state index is 13.5. The third-order valence-electron chi connectivity index (χ3n) is 5.88. The summed E-state index contributed by atoms with van der Waals surface area (Å²) in [5, 5.41) is 35.7. The number of amides is 3. The molecule has 13 heteroatoms. The lowest BCUT2D eigenvalue weighted by Crippen LogP contribution is -2.58. The Hall–Kier alpha value is -4.10. The highest BCUT2D eigenvalue weighted by Crippen LogP contribution is 2.13. The fourth-order valence-electron chi connectivity index (χ4n) is 3.73. The van der Waals surface area contributed by atoms with Gasteiger partial charge in [0.15, 0.2) is 0 Å². The van der Waals surface area contributed by atoms with Gasteiger partial charge in [-0.2, -0.15) is 11.8 Å². The standard InChI is InChI=1S/C27H34N4O8S/c1-40-12-11-20(27(38)39)29-25(36)22(13-16-5-3-2-4-6-16)31-26(37)21(14-17-7-9-18(32)10-8-17)30-24(35)19(28)15-23(33)34/h2-10,19-22,32H,11-15,28H2,1H3,(H,29,36)(H,30,35)(H,31,37)(H,33,34)(H,38,39). The Morgan fingerprint density at radius 2 is 1.27 bits per heavy atom. The molecule has 216 valence electrons. The van der Waals surface area contributed by atoms with Crippen LogP contribution in [0.2, 0.25) is 0 Å². The fraction of sp³-hybridized carbons (Fsp3) is 0.370. The van der Waals surface area contributed by atoms with E-state index in [2.05, 4.69) is 16.0 Å². The Morgan fingerprint density at radius 3 is 1.77 bits per heavy atom. The van der Waals surface area contributed by atoms with E-state index in [-0.39, 0.29) is 25.0 Å². The van der Waals surface area contributed by atoms with Gasteiger partial charge in [-0.1, -0.05) is 42.5 Å². The number of carbonyl (C=O) groups is 5. The molecule has 2 aromatic carbocycles. The number of rotatable bonds is 16. The molecule has 0 saturated carbocycles. The van der Waals surface area contributed by atoms with E-state index in [0.717, 1.165) is 0 Å². The van der Waals surface area contributed by atoms with Crippen molar-refractivity contribution in [1.29, 1.82) is 0 Å². The molecule has 4 unspecified atom stereocenters. The first-order chi connectivity index (χ1) is 19.0. The molecular weight excluding hydrogens is 540 g/mol. The molecule has 2 aromatic rings. The highest BCUT2D eigenvalue weighted by Gasteiger charge is 2.31. The molecule has 0 saturated heterocycles. The third-order valence-corrected chi connectivity index (χ3v) is 6.53. The Kier molecular flexibility index (Phi) is 12.9. The second-order valence-corrected chi connectivity index (χ2v) is 10.1. The van der Waals surface area contributed by atoms with Crippen molar-refractivity contribution in [2.75, 3.05) is 12.0 Å². The Balaban J connectivity index is 2.31. The minimum Gasteiger partial charge on any atom is -0.508 e. The molecule has 4 atom stereocenters. The van der Waals surface area contributed by atoms with Gasteiger partial charge < -0.3 is 37.0 Å². The van der Waals surface area contributed by atoms with Crippen LogP contribution in [0.5, 0.6) is 5.75 Å². The Labute approximate surface area is 235 Å². The van der Waals surface area contributed by atoms with Crippen molar-refractivity contribution in [1.82, 2.24) is 16.0 Å². The molecule has 8 N–H and O–H groups in total. The number of carboxylic acid groups (broad SMARTS) is 2. The van der Waals surface area contributed by atoms with Crippen LogP contribution in [-0.2, 0) is 36.8 Å². The lowest BCUT2D eigenvalue weighted by molar-refractivity contribution is -0.142. The zero-order valence-electron chi connectivity index (χ0n) is 21.9. The SMILES string of the molecule is CSCCC(NC(=O)C(Cc1ccccc1)NC(=O)C(Cc1ccc(O)cc1)NC(=O)C(N)CC(=O)O)C(=O)O. The highest BCUT2D eigenvalue weighted by molar-refractivity contribution is 7.98. The van der Waals surface area contributed by atoms with E-state index in [4.69, 9.17) is 10.8 Å². The van der Waals surface area contributed by atoms with Gasteiger partial charge in [-0.15, -0.1) is 0 Å². The molecule has 0 heterocycles. The van der Waals surface area contributed by atoms with Crippen LogP contribution in [0.3, 0.4) is 0 Å². The van der Waals surface area contributed by atoms with Crippen LogP contribution in [0.4, 0.5) is 0 Å². The molecular formula is C27H34N4O8S. The van der Waals surface area contributed by atoms with Gasteiger partial charge in [0.2, 0.25) is 17.7 Å². The molecule has 2 rings (SSSR count). The van der Waals surface area contributed by atoms with E-state index in [9.17, 15) is 34.2 Å². The summed E-state index contributed by atoms with van der Waals surface area (Å²) in [6.07, 6.45) is 1.29. The number of hydrogen-bond donors (Lipinski definition) is 7. The van der Waals surface area contributed by atoms with Gasteiger partial charge in [0.1, 0.15) is 23.9 Å². The smallest absolute Gasteiger partial charge is 0.326 e. The topological polar surface area (TPSA) is 208 Å². The molecule has 0 aromatic heterocycles. The number of nitrogens with two attached hydrogens (primary N) is 1. The van der Waals surface area contributed by atoms with Crippen LogP contribution >= 0.6 is 11.8 Å². The van der Waals surface area contributed by atoms with Crippen molar-refractivity contribution in [3.8, 4) is 5.75 Å². The average molecular weight is 575 g/mol. The molecule has 0 aliphatic heterocycles. The number of carbonyl (C=O) groups excluding carboxylic acids is 3. The lowest BCUT2D eigenvalue weighted by atomic mass is 10.0. The van der Waals surface area contributed by atoms with E-state index in [0.29, 0.717) is 16.9 Å². The number of benzene rings is 2. The summed E-state index contributed by atoms with van der Waals surface area (Å²) >= 11 is 1.43. The first-order valence-electron chi connectivity index (χ1n) is 12.4. The minimum atomic E-state index is -1.43. The van der Waals surface area contributed by atoms with Gasteiger partial charge in [-0.25, -0.2) is 4.79 Å². The normalized spacial score (nSPS) is 13.8. The first-order valence-corrected chi connectivity index (χ1v) is 13.8. The van der Waals surface area contributed by atoms with E-state index in [1.807, 2.05) is 6.26 Å². The number of phenolic OH excluding ortho intramolecular Hbond substituents is 1. The van der Waals surface area contributed by atoms with Crippen molar-refractivity contribution >= 4 is 41.4 Å². The summed E-state index contributed by atoms with van der Waals surface area (Å²) in [5.74, 6) is -4.39. The number of carboxylic acids is 2. The Morgan fingerprint density at radius 1 is 0.775 bits per heavy atom. The molecule has 0 bridgehead atoms. The van der Waals surface area contributed by atoms with Gasteiger partial charge in [-0.05, 0) is 41.7 Å². The molecule has 40 heavy (non-hydrogen) atoms. The van der Waals surface area contributed by atoms with Crippen molar-refractivity contribution in [3.05, 3.63) is 65.7 Å². The van der Waals surface area contributed by atoms with Gasteiger partial charge in [0.05, 0.1) is 12.5 Å². The van der Waals surface area contributed by atoms with Crippen molar-refractivity contribution < 1.29 is 39.3 Å². The van der Waals surface area contributed by atoms with Crippen LogP contribution in [0.25, 0.3) is 0 Å². The highest BCUT2D eigenvalue weighted by atomic mass is 32.2. The Bertz CT molecular complexity index is 1160. The van der Waals surface area contributed by atoms with E-state index in [1.54, 1.807) is 30.3 Å². The summed E-state index contributed by atoms with van der Waals surface area (Å²) in [6, 6.07) is 9.59. The van der Waals surface area contributed by atoms with Crippen LogP contribution in [0, 0.1) is 0 Å². The molecule has 0 aliphatic rings. The number of thioether (sulfide) groups is 1. The summed E-state index contributed by atoms with van der Waals surface area (Å²) in [7, 11) is 0. The lowest BCUT2D eigenvalue weighted by Gasteiger charge is -2.25. The maximum absolute atomic E-state index is 13.5. The fourth-order valence-corrected chi connectivity index (χ4v) is 4.20.